The van der Waals surface area contributed by atoms with Gasteiger partial charge in [0, 0.05) is 36.1 Å². The molecule has 0 bridgehead atoms. The Morgan fingerprint density at radius 1 is 1.29 bits per heavy atom. The van der Waals surface area contributed by atoms with Gasteiger partial charge < -0.3 is 19.8 Å². The maximum Gasteiger partial charge on any atom is 0.191 e. The molecule has 1 saturated heterocycles. The molecule has 1 saturated carbocycles. The Balaban J connectivity index is 1.48. The van der Waals surface area contributed by atoms with E-state index >= 15 is 0 Å². The third-order valence-electron chi connectivity index (χ3n) is 6.03. The molecule has 2 fully saturated rings. The Morgan fingerprint density at radius 2 is 2.11 bits per heavy atom. The maximum absolute atomic E-state index is 6.02. The predicted molar refractivity (Wildman–Crippen MR) is 110 cm³/mol. The summed E-state index contributed by atoms with van der Waals surface area (Å²) in [6.07, 6.45) is 4.20. The van der Waals surface area contributed by atoms with E-state index in [1.54, 1.807) is 0 Å². The van der Waals surface area contributed by atoms with Crippen molar-refractivity contribution in [2.75, 3.05) is 13.2 Å². The molecule has 6 heteroatoms. The minimum absolute atomic E-state index is 0.102. The van der Waals surface area contributed by atoms with E-state index in [2.05, 4.69) is 36.4 Å². The molecule has 6 nitrogen and oxygen atoms in total. The van der Waals surface area contributed by atoms with Gasteiger partial charge in [-0.3, -0.25) is 0 Å². The molecule has 1 aliphatic carbocycles. The number of aromatic nitrogens is 1. The number of nitrogens with zero attached hydrogens (tertiary/aromatic N) is 2. The van der Waals surface area contributed by atoms with Crippen LogP contribution in [0.15, 0.2) is 46.1 Å². The zero-order valence-corrected chi connectivity index (χ0v) is 16.9. The van der Waals surface area contributed by atoms with Crippen molar-refractivity contribution < 1.29 is 9.15 Å². The van der Waals surface area contributed by atoms with E-state index in [1.807, 2.05) is 30.3 Å². The number of hydrogen-bond donors (Lipinski definition) is 2. The van der Waals surface area contributed by atoms with Crippen LogP contribution < -0.4 is 10.6 Å². The average molecular weight is 383 g/mol. The van der Waals surface area contributed by atoms with Gasteiger partial charge in [0.2, 0.25) is 0 Å². The topological polar surface area (TPSA) is 71.7 Å². The van der Waals surface area contributed by atoms with E-state index in [9.17, 15) is 0 Å². The van der Waals surface area contributed by atoms with Gasteiger partial charge in [-0.05, 0) is 19.8 Å². The van der Waals surface area contributed by atoms with E-state index in [1.165, 1.54) is 12.8 Å². The van der Waals surface area contributed by atoms with Crippen LogP contribution in [-0.4, -0.2) is 36.2 Å². The molecule has 2 heterocycles. The van der Waals surface area contributed by atoms with Gasteiger partial charge in [0.05, 0.1) is 12.6 Å². The van der Waals surface area contributed by atoms with E-state index in [4.69, 9.17) is 14.1 Å². The highest BCUT2D eigenvalue weighted by Gasteiger charge is 2.58. The average Bonchev–Trinajstić information content (AvgIpc) is 3.19. The van der Waals surface area contributed by atoms with Crippen molar-refractivity contribution in [1.82, 2.24) is 15.6 Å². The molecule has 0 spiro atoms. The third kappa shape index (κ3) is 3.53. The van der Waals surface area contributed by atoms with Crippen LogP contribution in [0.2, 0.25) is 0 Å². The second-order valence-corrected chi connectivity index (χ2v) is 8.23. The van der Waals surface area contributed by atoms with Gasteiger partial charge in [0.15, 0.2) is 18.1 Å². The number of ether oxygens (including phenoxy) is 1. The number of nitrogens with one attached hydrogen (secondary N) is 2. The fraction of sp³-hybridized carbons (Fsp3) is 0.545. The molecule has 2 aromatic rings. The quantitative estimate of drug-likeness (QED) is 0.611. The summed E-state index contributed by atoms with van der Waals surface area (Å²) in [6, 6.07) is 10.4. The second kappa shape index (κ2) is 7.95. The fourth-order valence-electron chi connectivity index (χ4n) is 4.64. The fourth-order valence-corrected chi connectivity index (χ4v) is 4.64. The van der Waals surface area contributed by atoms with Gasteiger partial charge in [-0.2, -0.15) is 0 Å². The highest BCUT2D eigenvalue weighted by atomic mass is 16.5. The van der Waals surface area contributed by atoms with Crippen molar-refractivity contribution in [2.45, 2.75) is 52.3 Å². The van der Waals surface area contributed by atoms with E-state index in [0.29, 0.717) is 24.6 Å². The van der Waals surface area contributed by atoms with Crippen LogP contribution in [0.5, 0.6) is 0 Å². The number of benzene rings is 1. The lowest BCUT2D eigenvalue weighted by molar-refractivity contribution is -0.188. The van der Waals surface area contributed by atoms with Crippen molar-refractivity contribution in [3.8, 4) is 11.3 Å². The van der Waals surface area contributed by atoms with Gasteiger partial charge in [0.25, 0.3) is 0 Å². The molecular formula is C22H30N4O2. The lowest BCUT2D eigenvalue weighted by Crippen LogP contribution is -2.71. The minimum Gasteiger partial charge on any atom is -0.443 e. The first-order chi connectivity index (χ1) is 13.6. The van der Waals surface area contributed by atoms with Crippen LogP contribution in [0.25, 0.3) is 11.3 Å². The normalized spacial score (nSPS) is 26.2. The SMILES string of the molecule is CCNC(=NCc1ncoc1-c1ccccc1)NC1C2CCCOC2C1(C)C. The van der Waals surface area contributed by atoms with Gasteiger partial charge in [0.1, 0.15) is 5.69 Å². The van der Waals surface area contributed by atoms with Crippen LogP contribution in [0.1, 0.15) is 39.3 Å². The monoisotopic (exact) mass is 382 g/mol. The highest BCUT2D eigenvalue weighted by molar-refractivity contribution is 5.80. The molecule has 1 aromatic carbocycles. The first kappa shape index (κ1) is 19.0. The van der Waals surface area contributed by atoms with Crippen LogP contribution in [-0.2, 0) is 11.3 Å². The molecule has 0 radical (unpaired) electrons. The zero-order chi connectivity index (χ0) is 19.6. The van der Waals surface area contributed by atoms with Crippen LogP contribution >= 0.6 is 0 Å². The van der Waals surface area contributed by atoms with E-state index < -0.39 is 0 Å². The van der Waals surface area contributed by atoms with Crippen molar-refractivity contribution in [3.63, 3.8) is 0 Å². The number of oxazole rings is 1. The summed E-state index contributed by atoms with van der Waals surface area (Å²) in [4.78, 5) is 9.18. The first-order valence-corrected chi connectivity index (χ1v) is 10.3. The molecule has 2 aliphatic rings. The Bertz CT molecular complexity index is 815. The number of guanidine groups is 1. The molecular weight excluding hydrogens is 352 g/mol. The largest absolute Gasteiger partial charge is 0.443 e. The maximum atomic E-state index is 6.02. The van der Waals surface area contributed by atoms with Crippen LogP contribution in [0, 0.1) is 11.3 Å². The van der Waals surface area contributed by atoms with E-state index in [-0.39, 0.29) is 5.41 Å². The number of hydrogen-bond acceptors (Lipinski definition) is 4. The standard InChI is InChI=1S/C22H30N4O2/c1-4-23-21(26-19-16-11-8-12-27-20(16)22(19,2)3)24-13-17-18(28-14-25-17)15-9-6-5-7-10-15/h5-7,9-10,14,16,19-20H,4,8,11-13H2,1-3H3,(H2,23,24,26). The second-order valence-electron chi connectivity index (χ2n) is 8.23. The Hall–Kier alpha value is -2.34. The van der Waals surface area contributed by atoms with Crippen LogP contribution in [0.4, 0.5) is 0 Å². The number of rotatable bonds is 5. The third-order valence-corrected chi connectivity index (χ3v) is 6.03. The van der Waals surface area contributed by atoms with Crippen LogP contribution in [0.3, 0.4) is 0 Å². The van der Waals surface area contributed by atoms with E-state index in [0.717, 1.165) is 42.5 Å². The lowest BCUT2D eigenvalue weighted by atomic mass is 9.55. The molecule has 1 aliphatic heterocycles. The van der Waals surface area contributed by atoms with Crippen molar-refractivity contribution in [2.24, 2.45) is 16.3 Å². The summed E-state index contributed by atoms with van der Waals surface area (Å²) in [5, 5.41) is 7.04. The first-order valence-electron chi connectivity index (χ1n) is 10.3. The molecule has 1 aromatic heterocycles. The summed E-state index contributed by atoms with van der Waals surface area (Å²) in [6.45, 7) is 8.82. The smallest absolute Gasteiger partial charge is 0.191 e. The summed E-state index contributed by atoms with van der Waals surface area (Å²) >= 11 is 0. The number of fused-ring (bicyclic) bond motifs is 1. The number of aliphatic imine (C=N–C) groups is 1. The van der Waals surface area contributed by atoms with Crippen molar-refractivity contribution in [1.29, 1.82) is 0 Å². The zero-order valence-electron chi connectivity index (χ0n) is 16.9. The molecule has 28 heavy (non-hydrogen) atoms. The molecule has 3 unspecified atom stereocenters. The van der Waals surface area contributed by atoms with Crippen molar-refractivity contribution >= 4 is 5.96 Å². The Kier molecular flexibility index (Phi) is 5.40. The summed E-state index contributed by atoms with van der Waals surface area (Å²) in [7, 11) is 0. The molecule has 3 atom stereocenters. The molecule has 4 rings (SSSR count). The summed E-state index contributed by atoms with van der Waals surface area (Å²) < 4.78 is 11.6. The molecule has 2 N–H and O–H groups in total. The summed E-state index contributed by atoms with van der Waals surface area (Å²) in [5.41, 5.74) is 1.96. The Labute approximate surface area is 166 Å². The molecule has 150 valence electrons. The Morgan fingerprint density at radius 3 is 2.89 bits per heavy atom. The molecule has 0 amide bonds. The minimum atomic E-state index is 0.102. The highest BCUT2D eigenvalue weighted by Crippen LogP contribution is 2.51. The summed E-state index contributed by atoms with van der Waals surface area (Å²) in [5.74, 6) is 2.16. The lowest BCUT2D eigenvalue weighted by Gasteiger charge is -2.60. The van der Waals surface area contributed by atoms with Gasteiger partial charge in [-0.25, -0.2) is 9.98 Å². The van der Waals surface area contributed by atoms with Crippen molar-refractivity contribution in [3.05, 3.63) is 42.4 Å². The predicted octanol–water partition coefficient (Wildman–Crippen LogP) is 3.60. The van der Waals surface area contributed by atoms with Gasteiger partial charge in [-0.1, -0.05) is 44.2 Å². The van der Waals surface area contributed by atoms with Gasteiger partial charge >= 0.3 is 0 Å². The van der Waals surface area contributed by atoms with Gasteiger partial charge in [-0.15, -0.1) is 0 Å².